The van der Waals surface area contributed by atoms with Gasteiger partial charge in [-0.2, -0.15) is 0 Å². The summed E-state index contributed by atoms with van der Waals surface area (Å²) in [4.78, 5) is 14.4. The van der Waals surface area contributed by atoms with Crippen LogP contribution < -0.4 is 4.90 Å². The van der Waals surface area contributed by atoms with Gasteiger partial charge in [-0.15, -0.1) is 0 Å². The molecule has 0 unspecified atom stereocenters. The van der Waals surface area contributed by atoms with E-state index in [9.17, 15) is 13.2 Å². The smallest absolute Gasteiger partial charge is 0.227 e. The van der Waals surface area contributed by atoms with Gasteiger partial charge in [0.25, 0.3) is 0 Å². The molecule has 0 spiro atoms. The number of nitrogens with zero attached hydrogens (tertiary/aromatic N) is 1. The van der Waals surface area contributed by atoms with Gasteiger partial charge in [0.1, 0.15) is 0 Å². The van der Waals surface area contributed by atoms with Crippen LogP contribution in [0.3, 0.4) is 0 Å². The number of carbonyl (C=O) groups is 1. The summed E-state index contributed by atoms with van der Waals surface area (Å²) in [5, 5.41) is 0. The van der Waals surface area contributed by atoms with Crippen molar-refractivity contribution in [1.29, 1.82) is 0 Å². The number of anilines is 1. The van der Waals surface area contributed by atoms with Gasteiger partial charge in [-0.25, -0.2) is 8.42 Å². The molecule has 20 heavy (non-hydrogen) atoms. The molecule has 1 aromatic rings. The van der Waals surface area contributed by atoms with Crippen molar-refractivity contribution < 1.29 is 13.2 Å². The van der Waals surface area contributed by atoms with Gasteiger partial charge in [-0.05, 0) is 42.5 Å². The number of aryl methyl sites for hydroxylation is 1. The van der Waals surface area contributed by atoms with Crippen molar-refractivity contribution in [2.75, 3.05) is 17.7 Å². The summed E-state index contributed by atoms with van der Waals surface area (Å²) < 4.78 is 23.2. The lowest BCUT2D eigenvalue weighted by Crippen LogP contribution is -2.36. The second kappa shape index (κ2) is 5.56. The summed E-state index contributed by atoms with van der Waals surface area (Å²) in [6.45, 7) is 4.77. The minimum Gasteiger partial charge on any atom is -0.312 e. The third-order valence-electron chi connectivity index (χ3n) is 3.48. The highest BCUT2D eigenvalue weighted by Crippen LogP contribution is 2.30. The minimum absolute atomic E-state index is 0.119. The van der Waals surface area contributed by atoms with E-state index in [0.717, 1.165) is 30.6 Å². The Kier molecular flexibility index (Phi) is 4.18. The zero-order valence-corrected chi connectivity index (χ0v) is 13.0. The number of hydrogen-bond acceptors (Lipinski definition) is 3. The van der Waals surface area contributed by atoms with Gasteiger partial charge in [0.2, 0.25) is 5.91 Å². The fraction of sp³-hybridized carbons (Fsp3) is 0.533. The first kappa shape index (κ1) is 15.0. The van der Waals surface area contributed by atoms with Crippen molar-refractivity contribution in [2.45, 2.75) is 38.0 Å². The molecule has 0 bridgehead atoms. The van der Waals surface area contributed by atoms with E-state index >= 15 is 0 Å². The van der Waals surface area contributed by atoms with Crippen molar-refractivity contribution in [1.82, 2.24) is 0 Å². The molecular formula is C15H21NO3S. The Hall–Kier alpha value is -1.36. The Morgan fingerprint density at radius 1 is 1.35 bits per heavy atom. The van der Waals surface area contributed by atoms with Gasteiger partial charge in [0.05, 0.1) is 4.90 Å². The minimum atomic E-state index is -3.20. The normalized spacial score (nSPS) is 15.3. The van der Waals surface area contributed by atoms with Gasteiger partial charge in [-0.1, -0.05) is 13.8 Å². The van der Waals surface area contributed by atoms with Crippen LogP contribution in [-0.4, -0.2) is 27.1 Å². The van der Waals surface area contributed by atoms with Crippen molar-refractivity contribution in [2.24, 2.45) is 5.92 Å². The van der Waals surface area contributed by atoms with Crippen molar-refractivity contribution in [3.8, 4) is 0 Å². The quantitative estimate of drug-likeness (QED) is 0.860. The van der Waals surface area contributed by atoms with Crippen LogP contribution in [0.15, 0.2) is 23.1 Å². The Labute approximate surface area is 120 Å². The van der Waals surface area contributed by atoms with Gasteiger partial charge in [0.15, 0.2) is 9.84 Å². The van der Waals surface area contributed by atoms with E-state index in [1.54, 1.807) is 23.1 Å². The molecule has 5 heteroatoms. The highest BCUT2D eigenvalue weighted by atomic mass is 32.2. The molecule has 1 aliphatic rings. The Balaban J connectivity index is 2.35. The van der Waals surface area contributed by atoms with Crippen molar-refractivity contribution in [3.05, 3.63) is 23.8 Å². The third-order valence-corrected chi connectivity index (χ3v) is 4.59. The maximum absolute atomic E-state index is 12.3. The molecule has 0 N–H and O–H groups in total. The van der Waals surface area contributed by atoms with E-state index in [4.69, 9.17) is 0 Å². The second-order valence-corrected chi connectivity index (χ2v) is 7.83. The lowest BCUT2D eigenvalue weighted by atomic mass is 10.0. The first-order valence-electron chi connectivity index (χ1n) is 6.92. The average molecular weight is 295 g/mol. The monoisotopic (exact) mass is 295 g/mol. The molecule has 0 saturated carbocycles. The SMILES string of the molecule is CC(C)CC(=O)N1CCCc2cc(S(C)(=O)=O)ccc21. The zero-order valence-electron chi connectivity index (χ0n) is 12.2. The lowest BCUT2D eigenvalue weighted by molar-refractivity contribution is -0.119. The maximum atomic E-state index is 12.3. The molecule has 1 amide bonds. The van der Waals surface area contributed by atoms with Gasteiger partial charge < -0.3 is 4.90 Å². The van der Waals surface area contributed by atoms with E-state index in [1.807, 2.05) is 13.8 Å². The number of sulfone groups is 1. The van der Waals surface area contributed by atoms with Crippen LogP contribution >= 0.6 is 0 Å². The maximum Gasteiger partial charge on any atom is 0.227 e. The summed E-state index contributed by atoms with van der Waals surface area (Å²) >= 11 is 0. The van der Waals surface area contributed by atoms with Crippen LogP contribution in [0.1, 0.15) is 32.3 Å². The van der Waals surface area contributed by atoms with Crippen LogP contribution in [0.4, 0.5) is 5.69 Å². The molecule has 0 fully saturated rings. The van der Waals surface area contributed by atoms with Crippen molar-refractivity contribution >= 4 is 21.4 Å². The molecule has 0 saturated heterocycles. The molecule has 4 nitrogen and oxygen atoms in total. The van der Waals surface area contributed by atoms with Crippen LogP contribution in [0.25, 0.3) is 0 Å². The van der Waals surface area contributed by atoms with Crippen molar-refractivity contribution in [3.63, 3.8) is 0 Å². The predicted octanol–water partition coefficient (Wildman–Crippen LogP) is 2.42. The molecule has 1 heterocycles. The lowest BCUT2D eigenvalue weighted by Gasteiger charge is -2.30. The highest BCUT2D eigenvalue weighted by molar-refractivity contribution is 7.90. The molecule has 0 aliphatic carbocycles. The third kappa shape index (κ3) is 3.20. The summed E-state index contributed by atoms with van der Waals surface area (Å²) in [5.74, 6) is 0.441. The fourth-order valence-electron chi connectivity index (χ4n) is 2.52. The average Bonchev–Trinajstić information content (AvgIpc) is 2.35. The zero-order chi connectivity index (χ0) is 14.9. The number of carbonyl (C=O) groups excluding carboxylic acids is 1. The second-order valence-electron chi connectivity index (χ2n) is 5.81. The first-order valence-corrected chi connectivity index (χ1v) is 8.81. The van der Waals surface area contributed by atoms with Crippen LogP contribution in [-0.2, 0) is 21.1 Å². The van der Waals surface area contributed by atoms with Crippen LogP contribution in [0.2, 0.25) is 0 Å². The molecule has 0 radical (unpaired) electrons. The van der Waals surface area contributed by atoms with E-state index in [0.29, 0.717) is 17.2 Å². The molecule has 2 rings (SSSR count). The molecule has 1 aliphatic heterocycles. The fourth-order valence-corrected chi connectivity index (χ4v) is 3.19. The van der Waals surface area contributed by atoms with Crippen LogP contribution in [0.5, 0.6) is 0 Å². The molecular weight excluding hydrogens is 274 g/mol. The predicted molar refractivity (Wildman–Crippen MR) is 79.7 cm³/mol. The van der Waals surface area contributed by atoms with E-state index in [1.165, 1.54) is 6.26 Å². The molecule has 110 valence electrons. The number of rotatable bonds is 3. The number of amides is 1. The number of fused-ring (bicyclic) bond motifs is 1. The summed E-state index contributed by atoms with van der Waals surface area (Å²) in [6, 6.07) is 5.07. The van der Waals surface area contributed by atoms with E-state index in [-0.39, 0.29) is 5.91 Å². The first-order chi connectivity index (χ1) is 9.29. The Morgan fingerprint density at radius 3 is 2.65 bits per heavy atom. The molecule has 1 aromatic carbocycles. The summed E-state index contributed by atoms with van der Waals surface area (Å²) in [6.07, 6.45) is 3.43. The largest absolute Gasteiger partial charge is 0.312 e. The highest BCUT2D eigenvalue weighted by Gasteiger charge is 2.24. The van der Waals surface area contributed by atoms with E-state index in [2.05, 4.69) is 0 Å². The summed E-state index contributed by atoms with van der Waals surface area (Å²) in [7, 11) is -3.20. The number of hydrogen-bond donors (Lipinski definition) is 0. The van der Waals surface area contributed by atoms with Gasteiger partial charge in [-0.3, -0.25) is 4.79 Å². The molecule has 0 atom stereocenters. The standard InChI is InChI=1S/C15H21NO3S/c1-11(2)9-15(17)16-8-4-5-12-10-13(20(3,18)19)6-7-14(12)16/h6-7,10-11H,4-5,8-9H2,1-3H3. The van der Waals surface area contributed by atoms with Gasteiger partial charge in [0, 0.05) is 24.9 Å². The van der Waals surface area contributed by atoms with Crippen LogP contribution in [0, 0.1) is 5.92 Å². The summed E-state index contributed by atoms with van der Waals surface area (Å²) in [5.41, 5.74) is 1.82. The van der Waals surface area contributed by atoms with Gasteiger partial charge >= 0.3 is 0 Å². The molecule has 0 aromatic heterocycles. The number of benzene rings is 1. The van der Waals surface area contributed by atoms with E-state index < -0.39 is 9.84 Å². The topological polar surface area (TPSA) is 54.5 Å². The Morgan fingerprint density at radius 2 is 2.05 bits per heavy atom. The Bertz CT molecular complexity index is 620.